The second-order valence-corrected chi connectivity index (χ2v) is 7.59. The first kappa shape index (κ1) is 18.0. The highest BCUT2D eigenvalue weighted by molar-refractivity contribution is 6.47. The molecule has 23 heavy (non-hydrogen) atoms. The number of carbonyl (C=O) groups excluding carboxylic acids is 1. The summed E-state index contributed by atoms with van der Waals surface area (Å²) in [5, 5.41) is 10.1. The summed E-state index contributed by atoms with van der Waals surface area (Å²) in [5.41, 5.74) is 0.182. The van der Waals surface area contributed by atoms with Crippen molar-refractivity contribution >= 4 is 24.5 Å². The molecular formula is C18H27BNO3. The van der Waals surface area contributed by atoms with Crippen LogP contribution < -0.4 is 10.4 Å². The summed E-state index contributed by atoms with van der Waals surface area (Å²) >= 11 is 0. The van der Waals surface area contributed by atoms with Gasteiger partial charge >= 0.3 is 7.48 Å². The van der Waals surface area contributed by atoms with Gasteiger partial charge in [0, 0.05) is 17.6 Å². The van der Waals surface area contributed by atoms with Crippen LogP contribution in [0.5, 0.6) is 0 Å². The molecule has 2 unspecified atom stereocenters. The zero-order valence-electron chi connectivity index (χ0n) is 15.0. The van der Waals surface area contributed by atoms with Gasteiger partial charge in [-0.15, -0.1) is 0 Å². The Kier molecular flexibility index (Phi) is 4.93. The molecule has 1 aromatic rings. The Hall–Kier alpha value is -1.33. The lowest BCUT2D eigenvalue weighted by Gasteiger charge is -2.37. The first-order chi connectivity index (χ1) is 10.5. The fraction of sp³-hybridized carbons (Fsp3) is 0.611. The van der Waals surface area contributed by atoms with Gasteiger partial charge in [-0.3, -0.25) is 4.79 Å². The number of hydrogen-bond donors (Lipinski definition) is 1. The van der Waals surface area contributed by atoms with Crippen LogP contribution in [0.1, 0.15) is 48.0 Å². The van der Waals surface area contributed by atoms with E-state index in [2.05, 4.69) is 6.92 Å². The van der Waals surface area contributed by atoms with E-state index in [1.807, 2.05) is 49.9 Å². The maximum Gasteiger partial charge on any atom is 0.330 e. The van der Waals surface area contributed by atoms with Gasteiger partial charge in [-0.05, 0) is 53.2 Å². The third-order valence-electron chi connectivity index (χ3n) is 4.93. The molecule has 1 heterocycles. The first-order valence-corrected chi connectivity index (χ1v) is 8.19. The Morgan fingerprint density at radius 2 is 1.74 bits per heavy atom. The topological polar surface area (TPSA) is 49.8 Å². The Bertz CT molecular complexity index is 563. The molecule has 1 amide bonds. The minimum Gasteiger partial charge on any atom is -0.427 e. The molecule has 1 aliphatic heterocycles. The van der Waals surface area contributed by atoms with Crippen molar-refractivity contribution in [1.29, 1.82) is 0 Å². The molecule has 4 nitrogen and oxygen atoms in total. The molecule has 1 N–H and O–H groups in total. The molecule has 1 aliphatic rings. The Balaban J connectivity index is 2.05. The third-order valence-corrected chi connectivity index (χ3v) is 4.93. The molecule has 0 aromatic heterocycles. The summed E-state index contributed by atoms with van der Waals surface area (Å²) in [5.74, 6) is 0.279. The number of aliphatic hydroxyl groups is 1. The molecule has 1 radical (unpaired) electrons. The number of nitrogens with zero attached hydrogens (tertiary/aromatic N) is 1. The molecule has 1 fully saturated rings. The van der Waals surface area contributed by atoms with Crippen LogP contribution in [0.25, 0.3) is 0 Å². The second kappa shape index (κ2) is 6.29. The summed E-state index contributed by atoms with van der Waals surface area (Å²) in [6.07, 6.45) is 0.898. The van der Waals surface area contributed by atoms with Crippen LogP contribution in [0, 0.1) is 5.92 Å². The average molecular weight is 316 g/mol. The quantitative estimate of drug-likeness (QED) is 0.848. The van der Waals surface area contributed by atoms with Crippen LogP contribution in [0.15, 0.2) is 24.3 Å². The molecule has 0 saturated carbocycles. The van der Waals surface area contributed by atoms with Crippen LogP contribution >= 0.6 is 0 Å². The standard InChI is InChI=1S/C18H27BNO3/c1-12-11-13(2)20(16(12)21)15-9-7-14(8-10-15)19-23-18(5,6)17(3,4)22/h7-10,12-13,22H,11H2,1-6H3. The molecule has 0 spiro atoms. The molecule has 5 heteroatoms. The van der Waals surface area contributed by atoms with E-state index in [9.17, 15) is 9.90 Å². The van der Waals surface area contributed by atoms with Gasteiger partial charge in [0.05, 0.1) is 11.2 Å². The van der Waals surface area contributed by atoms with Crippen LogP contribution in [0.3, 0.4) is 0 Å². The van der Waals surface area contributed by atoms with Crippen molar-refractivity contribution in [3.05, 3.63) is 24.3 Å². The Morgan fingerprint density at radius 1 is 1.17 bits per heavy atom. The van der Waals surface area contributed by atoms with Crippen LogP contribution in [-0.2, 0) is 9.45 Å². The molecule has 0 aliphatic carbocycles. The van der Waals surface area contributed by atoms with E-state index < -0.39 is 11.2 Å². The SMILES string of the molecule is CC1CC(C)N(c2ccc([B]OC(C)(C)C(C)(C)O)cc2)C1=O. The zero-order valence-corrected chi connectivity index (χ0v) is 15.0. The van der Waals surface area contributed by atoms with Crippen molar-refractivity contribution in [3.8, 4) is 0 Å². The van der Waals surface area contributed by atoms with Crippen LogP contribution in [0.2, 0.25) is 0 Å². The average Bonchev–Trinajstić information content (AvgIpc) is 2.69. The summed E-state index contributed by atoms with van der Waals surface area (Å²) in [6, 6.07) is 7.98. The van der Waals surface area contributed by atoms with Crippen molar-refractivity contribution in [2.75, 3.05) is 4.90 Å². The number of benzene rings is 1. The highest BCUT2D eigenvalue weighted by Gasteiger charge is 2.36. The summed E-state index contributed by atoms with van der Waals surface area (Å²) in [6.45, 7) is 11.2. The lowest BCUT2D eigenvalue weighted by Crippen LogP contribution is -2.49. The molecular weight excluding hydrogens is 289 g/mol. The lowest BCUT2D eigenvalue weighted by atomic mass is 9.82. The predicted molar refractivity (Wildman–Crippen MR) is 94.0 cm³/mol. The van der Waals surface area contributed by atoms with Crippen molar-refractivity contribution in [2.45, 2.75) is 65.2 Å². The van der Waals surface area contributed by atoms with Crippen molar-refractivity contribution < 1.29 is 14.6 Å². The van der Waals surface area contributed by atoms with Gasteiger partial charge < -0.3 is 14.7 Å². The van der Waals surface area contributed by atoms with E-state index in [1.165, 1.54) is 0 Å². The highest BCUT2D eigenvalue weighted by atomic mass is 16.5. The number of anilines is 1. The fourth-order valence-corrected chi connectivity index (χ4v) is 2.63. The molecule has 1 aromatic carbocycles. The summed E-state index contributed by atoms with van der Waals surface area (Å²) < 4.78 is 5.75. The van der Waals surface area contributed by atoms with Crippen molar-refractivity contribution in [2.24, 2.45) is 5.92 Å². The van der Waals surface area contributed by atoms with Crippen LogP contribution in [-0.4, -0.2) is 35.7 Å². The maximum atomic E-state index is 12.2. The third kappa shape index (κ3) is 3.78. The zero-order chi connectivity index (χ0) is 17.4. The second-order valence-electron chi connectivity index (χ2n) is 7.59. The van der Waals surface area contributed by atoms with E-state index in [-0.39, 0.29) is 17.9 Å². The molecule has 1 saturated heterocycles. The number of hydrogen-bond acceptors (Lipinski definition) is 3. The highest BCUT2D eigenvalue weighted by Crippen LogP contribution is 2.29. The van der Waals surface area contributed by atoms with E-state index in [4.69, 9.17) is 4.65 Å². The van der Waals surface area contributed by atoms with Gasteiger partial charge in [-0.25, -0.2) is 0 Å². The summed E-state index contributed by atoms with van der Waals surface area (Å²) in [4.78, 5) is 14.1. The number of amides is 1. The van der Waals surface area contributed by atoms with Gasteiger partial charge in [0.1, 0.15) is 0 Å². The lowest BCUT2D eigenvalue weighted by molar-refractivity contribution is -0.119. The van der Waals surface area contributed by atoms with E-state index in [1.54, 1.807) is 21.3 Å². The van der Waals surface area contributed by atoms with Gasteiger partial charge in [0.15, 0.2) is 0 Å². The van der Waals surface area contributed by atoms with Crippen LogP contribution in [0.4, 0.5) is 5.69 Å². The van der Waals surface area contributed by atoms with Gasteiger partial charge in [0.25, 0.3) is 0 Å². The normalized spacial score (nSPS) is 22.6. The fourth-order valence-electron chi connectivity index (χ4n) is 2.63. The van der Waals surface area contributed by atoms with Gasteiger partial charge in [-0.2, -0.15) is 0 Å². The van der Waals surface area contributed by atoms with E-state index >= 15 is 0 Å². The largest absolute Gasteiger partial charge is 0.427 e. The number of carbonyl (C=O) groups is 1. The van der Waals surface area contributed by atoms with E-state index in [0.717, 1.165) is 17.6 Å². The molecule has 2 atom stereocenters. The smallest absolute Gasteiger partial charge is 0.330 e. The molecule has 0 bridgehead atoms. The molecule has 2 rings (SSSR count). The minimum atomic E-state index is -0.947. The monoisotopic (exact) mass is 316 g/mol. The number of rotatable bonds is 5. The van der Waals surface area contributed by atoms with Gasteiger partial charge in [-0.1, -0.05) is 24.5 Å². The first-order valence-electron chi connectivity index (χ1n) is 8.19. The van der Waals surface area contributed by atoms with Crippen molar-refractivity contribution in [3.63, 3.8) is 0 Å². The van der Waals surface area contributed by atoms with E-state index in [0.29, 0.717) is 0 Å². The Morgan fingerprint density at radius 3 is 2.17 bits per heavy atom. The van der Waals surface area contributed by atoms with Crippen molar-refractivity contribution in [1.82, 2.24) is 0 Å². The predicted octanol–water partition coefficient (Wildman–Crippen LogP) is 2.26. The maximum absolute atomic E-state index is 12.2. The Labute approximate surface area is 140 Å². The molecule has 125 valence electrons. The minimum absolute atomic E-state index is 0.0900. The van der Waals surface area contributed by atoms with Gasteiger partial charge in [0.2, 0.25) is 5.91 Å². The summed E-state index contributed by atoms with van der Waals surface area (Å²) in [7, 11) is 1.65.